The van der Waals surface area contributed by atoms with Crippen LogP contribution in [0.1, 0.15) is 53.4 Å². The van der Waals surface area contributed by atoms with Gasteiger partial charge in [0.05, 0.1) is 12.6 Å². The van der Waals surface area contributed by atoms with Crippen LogP contribution in [0, 0.1) is 11.3 Å². The maximum Gasteiger partial charge on any atom is 0.324 e. The molecule has 1 N–H and O–H groups in total. The van der Waals surface area contributed by atoms with Crippen LogP contribution in [0.4, 0.5) is 4.79 Å². The van der Waals surface area contributed by atoms with Crippen LogP contribution in [0.25, 0.3) is 0 Å². The van der Waals surface area contributed by atoms with Crippen molar-refractivity contribution in [2.75, 3.05) is 13.1 Å². The molecule has 0 aromatic rings. The molecule has 1 fully saturated rings. The van der Waals surface area contributed by atoms with Gasteiger partial charge in [0.25, 0.3) is 0 Å². The predicted octanol–water partition coefficient (Wildman–Crippen LogP) is 2.49. The number of hydrogen-bond donors (Lipinski definition) is 1. The fraction of sp³-hybridized carbons (Fsp3) is 0.812. The Morgan fingerprint density at radius 2 is 2.09 bits per heavy atom. The topological polar surface area (TPSA) is 78.8 Å². The van der Waals surface area contributed by atoms with E-state index in [4.69, 9.17) is 0 Å². The first-order valence-electron chi connectivity index (χ1n) is 7.94. The largest absolute Gasteiger partial charge is 0.337 e. The molecule has 1 heterocycles. The third kappa shape index (κ3) is 4.67. The SMILES string of the molecule is CC(C)C1N(C(=O)CCCCCN=C=O)C(=O)NCC1(C)C. The number of isocyanates is 1. The lowest BCUT2D eigenvalue weighted by Crippen LogP contribution is -2.64. The van der Waals surface area contributed by atoms with Crippen molar-refractivity contribution in [2.45, 2.75) is 59.4 Å². The summed E-state index contributed by atoms with van der Waals surface area (Å²) in [5.41, 5.74) is -0.142. The van der Waals surface area contributed by atoms with Crippen LogP contribution in [-0.2, 0) is 9.59 Å². The number of unbranched alkanes of at least 4 members (excludes halogenated alkanes) is 2. The normalized spacial score (nSPS) is 20.5. The number of urea groups is 1. The van der Waals surface area contributed by atoms with Crippen molar-refractivity contribution in [3.8, 4) is 0 Å². The molecule has 0 aliphatic carbocycles. The first-order chi connectivity index (χ1) is 10.3. The summed E-state index contributed by atoms with van der Waals surface area (Å²) in [4.78, 5) is 39.5. The van der Waals surface area contributed by atoms with E-state index in [-0.39, 0.29) is 29.3 Å². The molecular weight excluding hydrogens is 282 g/mol. The summed E-state index contributed by atoms with van der Waals surface area (Å²) in [6.07, 6.45) is 4.11. The summed E-state index contributed by atoms with van der Waals surface area (Å²) in [6.45, 7) is 9.28. The van der Waals surface area contributed by atoms with Crippen molar-refractivity contribution in [1.82, 2.24) is 10.2 Å². The summed E-state index contributed by atoms with van der Waals surface area (Å²) in [5, 5.41) is 2.81. The van der Waals surface area contributed by atoms with E-state index in [1.807, 2.05) is 13.8 Å². The van der Waals surface area contributed by atoms with Crippen molar-refractivity contribution < 1.29 is 14.4 Å². The molecule has 6 nitrogen and oxygen atoms in total. The standard InChI is InChI=1S/C16H27N3O3/c1-12(2)14-16(3,4)10-18-15(22)19(14)13(21)8-6-5-7-9-17-11-20/h12,14H,5-10H2,1-4H3,(H,18,22). The Labute approximate surface area is 132 Å². The number of nitrogens with zero attached hydrogens (tertiary/aromatic N) is 2. The lowest BCUT2D eigenvalue weighted by atomic mass is 9.76. The van der Waals surface area contributed by atoms with Gasteiger partial charge in [-0.1, -0.05) is 34.1 Å². The summed E-state index contributed by atoms with van der Waals surface area (Å²) in [6, 6.07) is -0.373. The maximum atomic E-state index is 12.5. The monoisotopic (exact) mass is 309 g/mol. The molecule has 1 aliphatic rings. The fourth-order valence-electron chi connectivity index (χ4n) is 3.25. The van der Waals surface area contributed by atoms with E-state index >= 15 is 0 Å². The number of amides is 3. The van der Waals surface area contributed by atoms with Gasteiger partial charge in [0.2, 0.25) is 12.0 Å². The Hall–Kier alpha value is -1.68. The van der Waals surface area contributed by atoms with Crippen LogP contribution in [-0.4, -0.2) is 42.0 Å². The zero-order valence-electron chi connectivity index (χ0n) is 14.0. The van der Waals surface area contributed by atoms with Crippen LogP contribution >= 0.6 is 0 Å². The average molecular weight is 309 g/mol. The number of aliphatic imine (C=N–C) groups is 1. The van der Waals surface area contributed by atoms with Gasteiger partial charge in [-0.15, -0.1) is 0 Å². The van der Waals surface area contributed by atoms with Gasteiger partial charge < -0.3 is 5.32 Å². The zero-order valence-corrected chi connectivity index (χ0v) is 14.0. The Balaban J connectivity index is 2.63. The van der Waals surface area contributed by atoms with Crippen LogP contribution < -0.4 is 5.32 Å². The Bertz CT molecular complexity index is 454. The van der Waals surface area contributed by atoms with Crippen molar-refractivity contribution in [1.29, 1.82) is 0 Å². The number of hydrogen-bond acceptors (Lipinski definition) is 4. The molecule has 1 unspecified atom stereocenters. The van der Waals surface area contributed by atoms with Crippen LogP contribution in [0.2, 0.25) is 0 Å². The third-order valence-electron chi connectivity index (χ3n) is 4.12. The lowest BCUT2D eigenvalue weighted by Gasteiger charge is -2.47. The molecule has 0 spiro atoms. The minimum atomic E-state index is -0.284. The van der Waals surface area contributed by atoms with Crippen LogP contribution in [0.5, 0.6) is 0 Å². The van der Waals surface area contributed by atoms with Crippen molar-refractivity contribution in [3.05, 3.63) is 0 Å². The molecule has 1 atom stereocenters. The minimum Gasteiger partial charge on any atom is -0.337 e. The highest BCUT2D eigenvalue weighted by Gasteiger charge is 2.45. The summed E-state index contributed by atoms with van der Waals surface area (Å²) >= 11 is 0. The highest BCUT2D eigenvalue weighted by atomic mass is 16.2. The molecule has 1 saturated heterocycles. The van der Waals surface area contributed by atoms with E-state index in [0.29, 0.717) is 25.9 Å². The van der Waals surface area contributed by atoms with Crippen molar-refractivity contribution in [2.24, 2.45) is 16.3 Å². The van der Waals surface area contributed by atoms with Gasteiger partial charge in [0, 0.05) is 18.4 Å². The summed E-state index contributed by atoms with van der Waals surface area (Å²) < 4.78 is 0. The van der Waals surface area contributed by atoms with E-state index in [0.717, 1.165) is 12.8 Å². The minimum absolute atomic E-state index is 0.0894. The van der Waals surface area contributed by atoms with E-state index in [1.54, 1.807) is 0 Å². The quantitative estimate of drug-likeness (QED) is 0.446. The highest BCUT2D eigenvalue weighted by Crippen LogP contribution is 2.33. The fourth-order valence-corrected chi connectivity index (χ4v) is 3.25. The second kappa shape index (κ2) is 8.08. The first kappa shape index (κ1) is 18.4. The predicted molar refractivity (Wildman–Crippen MR) is 84.1 cm³/mol. The smallest absolute Gasteiger partial charge is 0.324 e. The molecule has 0 aromatic carbocycles. The van der Waals surface area contributed by atoms with Crippen molar-refractivity contribution >= 4 is 18.0 Å². The first-order valence-corrected chi connectivity index (χ1v) is 7.94. The Morgan fingerprint density at radius 1 is 1.41 bits per heavy atom. The third-order valence-corrected chi connectivity index (χ3v) is 4.12. The van der Waals surface area contributed by atoms with Gasteiger partial charge in [0.1, 0.15) is 0 Å². The molecule has 3 amide bonds. The molecule has 0 radical (unpaired) electrons. The van der Waals surface area contributed by atoms with Crippen molar-refractivity contribution in [3.63, 3.8) is 0 Å². The number of imide groups is 1. The summed E-state index contributed by atoms with van der Waals surface area (Å²) in [5.74, 6) is 0.0924. The molecule has 6 heteroatoms. The molecule has 22 heavy (non-hydrogen) atoms. The van der Waals surface area contributed by atoms with Gasteiger partial charge in [-0.25, -0.2) is 14.6 Å². The van der Waals surface area contributed by atoms with E-state index in [1.165, 1.54) is 11.0 Å². The number of carbonyl (C=O) groups is 2. The zero-order chi connectivity index (χ0) is 16.8. The van der Waals surface area contributed by atoms with Gasteiger partial charge in [-0.2, -0.15) is 0 Å². The molecule has 0 saturated carbocycles. The maximum absolute atomic E-state index is 12.5. The van der Waals surface area contributed by atoms with E-state index < -0.39 is 0 Å². The summed E-state index contributed by atoms with van der Waals surface area (Å²) in [7, 11) is 0. The number of nitrogens with one attached hydrogen (secondary N) is 1. The molecular formula is C16H27N3O3. The van der Waals surface area contributed by atoms with Gasteiger partial charge in [-0.05, 0) is 18.8 Å². The van der Waals surface area contributed by atoms with Gasteiger partial charge >= 0.3 is 6.03 Å². The van der Waals surface area contributed by atoms with Crippen LogP contribution in [0.3, 0.4) is 0 Å². The molecule has 1 aliphatic heterocycles. The lowest BCUT2D eigenvalue weighted by molar-refractivity contribution is -0.134. The molecule has 0 bridgehead atoms. The molecule has 124 valence electrons. The van der Waals surface area contributed by atoms with Gasteiger partial charge in [0.15, 0.2) is 0 Å². The second-order valence-corrected chi connectivity index (χ2v) is 6.88. The average Bonchev–Trinajstić information content (AvgIpc) is 2.44. The van der Waals surface area contributed by atoms with Crippen LogP contribution in [0.15, 0.2) is 4.99 Å². The highest BCUT2D eigenvalue weighted by molar-refractivity contribution is 5.95. The molecule has 0 aromatic heterocycles. The Kier molecular flexibility index (Phi) is 6.75. The van der Waals surface area contributed by atoms with E-state index in [9.17, 15) is 14.4 Å². The van der Waals surface area contributed by atoms with E-state index in [2.05, 4.69) is 24.2 Å². The second-order valence-electron chi connectivity index (χ2n) is 6.88. The number of carbonyl (C=O) groups excluding carboxylic acids is 3. The molecule has 1 rings (SSSR count). The number of rotatable bonds is 7. The van der Waals surface area contributed by atoms with Gasteiger partial charge in [-0.3, -0.25) is 9.69 Å². The Morgan fingerprint density at radius 3 is 2.68 bits per heavy atom.